The van der Waals surface area contributed by atoms with Gasteiger partial charge in [-0.3, -0.25) is 0 Å². The Kier molecular flexibility index (Phi) is 4.31. The number of hydrogen-bond acceptors (Lipinski definition) is 5. The smallest absolute Gasteiger partial charge is 0.140 e. The number of rotatable bonds is 4. The van der Waals surface area contributed by atoms with Crippen LogP contribution in [0.5, 0.6) is 0 Å². The molecule has 0 bridgehead atoms. The highest BCUT2D eigenvalue weighted by Crippen LogP contribution is 2.27. The zero-order valence-electron chi connectivity index (χ0n) is 12.6. The van der Waals surface area contributed by atoms with Gasteiger partial charge in [0.15, 0.2) is 0 Å². The van der Waals surface area contributed by atoms with Crippen LogP contribution >= 0.6 is 0 Å². The molecule has 21 heavy (non-hydrogen) atoms. The van der Waals surface area contributed by atoms with Crippen LogP contribution in [0, 0.1) is 6.92 Å². The maximum Gasteiger partial charge on any atom is 0.140 e. The average molecular weight is 287 g/mol. The number of aromatic nitrogens is 2. The molecule has 1 atom stereocenters. The van der Waals surface area contributed by atoms with Crippen LogP contribution in [-0.2, 0) is 9.47 Å². The number of methoxy groups -OCH3 is 1. The molecule has 5 heteroatoms. The first-order chi connectivity index (χ1) is 10.3. The lowest BCUT2D eigenvalue weighted by molar-refractivity contribution is 0.0795. The first-order valence-electron chi connectivity index (χ1n) is 7.34. The number of benzene rings is 1. The van der Waals surface area contributed by atoms with E-state index in [4.69, 9.17) is 9.47 Å². The summed E-state index contributed by atoms with van der Waals surface area (Å²) in [5.41, 5.74) is 2.21. The van der Waals surface area contributed by atoms with E-state index in [0.29, 0.717) is 6.04 Å². The highest BCUT2D eigenvalue weighted by atomic mass is 16.5. The van der Waals surface area contributed by atoms with Gasteiger partial charge >= 0.3 is 0 Å². The molecule has 0 N–H and O–H groups in total. The number of nitrogens with zero attached hydrogens (tertiary/aromatic N) is 3. The molecule has 2 aromatic rings. The largest absolute Gasteiger partial charge is 0.385 e. The molecular weight excluding hydrogens is 266 g/mol. The Morgan fingerprint density at radius 3 is 3.14 bits per heavy atom. The van der Waals surface area contributed by atoms with Crippen LogP contribution in [0.25, 0.3) is 10.9 Å². The van der Waals surface area contributed by atoms with Crippen molar-refractivity contribution in [2.24, 2.45) is 0 Å². The molecule has 112 valence electrons. The van der Waals surface area contributed by atoms with Gasteiger partial charge in [0, 0.05) is 25.6 Å². The van der Waals surface area contributed by atoms with Gasteiger partial charge < -0.3 is 14.4 Å². The summed E-state index contributed by atoms with van der Waals surface area (Å²) in [6, 6.07) is 6.60. The molecule has 0 radical (unpaired) electrons. The van der Waals surface area contributed by atoms with E-state index < -0.39 is 0 Å². The van der Waals surface area contributed by atoms with Crippen LogP contribution < -0.4 is 4.90 Å². The molecule has 0 aliphatic carbocycles. The average Bonchev–Trinajstić information content (AvgIpc) is 2.52. The summed E-state index contributed by atoms with van der Waals surface area (Å²) in [5, 5.41) is 1.11. The summed E-state index contributed by atoms with van der Waals surface area (Å²) in [6.07, 6.45) is 2.59. The second-order valence-corrected chi connectivity index (χ2v) is 5.42. The van der Waals surface area contributed by atoms with Crippen molar-refractivity contribution in [1.82, 2.24) is 9.97 Å². The molecule has 2 heterocycles. The lowest BCUT2D eigenvalue weighted by Gasteiger charge is -2.37. The minimum Gasteiger partial charge on any atom is -0.385 e. The van der Waals surface area contributed by atoms with E-state index in [1.165, 1.54) is 5.56 Å². The summed E-state index contributed by atoms with van der Waals surface area (Å²) in [5.74, 6) is 1.01. The van der Waals surface area contributed by atoms with Crippen molar-refractivity contribution in [3.05, 3.63) is 30.1 Å². The maximum atomic E-state index is 5.63. The van der Waals surface area contributed by atoms with E-state index in [0.717, 1.165) is 49.5 Å². The van der Waals surface area contributed by atoms with Crippen molar-refractivity contribution in [2.75, 3.05) is 38.4 Å². The van der Waals surface area contributed by atoms with Crippen molar-refractivity contribution in [3.63, 3.8) is 0 Å². The quantitative estimate of drug-likeness (QED) is 0.862. The molecular formula is C16H21N3O2. The molecule has 5 nitrogen and oxygen atoms in total. The van der Waals surface area contributed by atoms with Gasteiger partial charge in [-0.15, -0.1) is 0 Å². The lowest BCUT2D eigenvalue weighted by atomic mass is 10.1. The van der Waals surface area contributed by atoms with Gasteiger partial charge in [0.05, 0.1) is 24.8 Å². The maximum absolute atomic E-state index is 5.63. The predicted octanol–water partition coefficient (Wildman–Crippen LogP) is 2.18. The van der Waals surface area contributed by atoms with Crippen molar-refractivity contribution in [1.29, 1.82) is 0 Å². The molecule has 1 aliphatic heterocycles. The topological polar surface area (TPSA) is 47.5 Å². The van der Waals surface area contributed by atoms with Crippen LogP contribution in [0.2, 0.25) is 0 Å². The van der Waals surface area contributed by atoms with Crippen LogP contribution in [0.1, 0.15) is 12.0 Å². The van der Waals surface area contributed by atoms with Gasteiger partial charge in [-0.05, 0) is 25.5 Å². The Balaban J connectivity index is 1.98. The minimum absolute atomic E-state index is 0.303. The Bertz CT molecular complexity index is 617. The summed E-state index contributed by atoms with van der Waals surface area (Å²) in [4.78, 5) is 11.3. The predicted molar refractivity (Wildman–Crippen MR) is 82.7 cm³/mol. The Morgan fingerprint density at radius 1 is 1.38 bits per heavy atom. The third-order valence-electron chi connectivity index (χ3n) is 3.92. The van der Waals surface area contributed by atoms with Crippen molar-refractivity contribution < 1.29 is 9.47 Å². The van der Waals surface area contributed by atoms with Gasteiger partial charge in [-0.1, -0.05) is 11.6 Å². The van der Waals surface area contributed by atoms with Crippen LogP contribution in [0.15, 0.2) is 24.5 Å². The fourth-order valence-corrected chi connectivity index (χ4v) is 2.81. The highest BCUT2D eigenvalue weighted by molar-refractivity contribution is 5.90. The molecule has 0 spiro atoms. The van der Waals surface area contributed by atoms with Gasteiger partial charge in [0.2, 0.25) is 0 Å². The summed E-state index contributed by atoms with van der Waals surface area (Å²) in [7, 11) is 1.73. The standard InChI is InChI=1S/C16H21N3O2/c1-12-3-4-15-14(9-12)16(18-11-17-15)19-6-8-21-10-13(19)5-7-20-2/h3-4,9,11,13H,5-8,10H2,1-2H3/t13-/m0/s1. The first-order valence-corrected chi connectivity index (χ1v) is 7.34. The summed E-state index contributed by atoms with van der Waals surface area (Å²) in [6.45, 7) is 5.14. The van der Waals surface area contributed by atoms with Gasteiger partial charge in [0.1, 0.15) is 12.1 Å². The molecule has 0 amide bonds. The number of fused-ring (bicyclic) bond motifs is 1. The lowest BCUT2D eigenvalue weighted by Crippen LogP contribution is -2.46. The summed E-state index contributed by atoms with van der Waals surface area (Å²) < 4.78 is 10.8. The number of morpholine rings is 1. The normalized spacial score (nSPS) is 19.1. The number of aryl methyl sites for hydroxylation is 1. The van der Waals surface area contributed by atoms with Crippen LogP contribution in [0.4, 0.5) is 5.82 Å². The zero-order valence-corrected chi connectivity index (χ0v) is 12.6. The molecule has 0 saturated carbocycles. The summed E-state index contributed by atoms with van der Waals surface area (Å²) >= 11 is 0. The Hall–Kier alpha value is -1.72. The number of ether oxygens (including phenoxy) is 2. The molecule has 1 saturated heterocycles. The van der Waals surface area contributed by atoms with Crippen molar-refractivity contribution >= 4 is 16.7 Å². The van der Waals surface area contributed by atoms with Crippen molar-refractivity contribution in [2.45, 2.75) is 19.4 Å². The first kappa shape index (κ1) is 14.2. The third kappa shape index (κ3) is 2.99. The molecule has 3 rings (SSSR count). The van der Waals surface area contributed by atoms with Gasteiger partial charge in [-0.25, -0.2) is 9.97 Å². The van der Waals surface area contributed by atoms with Gasteiger partial charge in [-0.2, -0.15) is 0 Å². The second kappa shape index (κ2) is 6.37. The monoisotopic (exact) mass is 287 g/mol. The van der Waals surface area contributed by atoms with Crippen molar-refractivity contribution in [3.8, 4) is 0 Å². The highest BCUT2D eigenvalue weighted by Gasteiger charge is 2.25. The fraction of sp³-hybridized carbons (Fsp3) is 0.500. The van der Waals surface area contributed by atoms with E-state index in [9.17, 15) is 0 Å². The van der Waals surface area contributed by atoms with E-state index in [2.05, 4.69) is 40.0 Å². The third-order valence-corrected chi connectivity index (χ3v) is 3.92. The molecule has 1 aromatic heterocycles. The fourth-order valence-electron chi connectivity index (χ4n) is 2.81. The second-order valence-electron chi connectivity index (χ2n) is 5.42. The molecule has 1 fully saturated rings. The Labute approximate surface area is 124 Å². The molecule has 1 aromatic carbocycles. The van der Waals surface area contributed by atoms with E-state index >= 15 is 0 Å². The van der Waals surface area contributed by atoms with Gasteiger partial charge in [0.25, 0.3) is 0 Å². The molecule has 1 aliphatic rings. The number of anilines is 1. The van der Waals surface area contributed by atoms with E-state index in [1.807, 2.05) is 0 Å². The van der Waals surface area contributed by atoms with E-state index in [-0.39, 0.29) is 0 Å². The minimum atomic E-state index is 0.303. The zero-order chi connectivity index (χ0) is 14.7. The van der Waals surface area contributed by atoms with Crippen LogP contribution in [0.3, 0.4) is 0 Å². The number of hydrogen-bond donors (Lipinski definition) is 0. The van der Waals surface area contributed by atoms with E-state index in [1.54, 1.807) is 13.4 Å². The SMILES string of the molecule is COCC[C@H]1COCCN1c1ncnc2ccc(C)cc12. The van der Waals surface area contributed by atoms with Crippen LogP contribution in [-0.4, -0.2) is 49.5 Å². The Morgan fingerprint density at radius 2 is 2.29 bits per heavy atom. The molecule has 0 unspecified atom stereocenters.